The lowest BCUT2D eigenvalue weighted by molar-refractivity contribution is -0.119. The van der Waals surface area contributed by atoms with Crippen LogP contribution < -0.4 is 19.1 Å². The second-order valence-electron chi connectivity index (χ2n) is 7.68. The first-order valence-corrected chi connectivity index (χ1v) is 12.5. The van der Waals surface area contributed by atoms with Crippen LogP contribution in [0.3, 0.4) is 0 Å². The molecule has 0 fully saturated rings. The van der Waals surface area contributed by atoms with Gasteiger partial charge in [-0.25, -0.2) is 13.2 Å². The van der Waals surface area contributed by atoms with E-state index in [2.05, 4.69) is 5.32 Å². The predicted molar refractivity (Wildman–Crippen MR) is 136 cm³/mol. The summed E-state index contributed by atoms with van der Waals surface area (Å²) in [5, 5.41) is 2.61. The van der Waals surface area contributed by atoms with Gasteiger partial charge in [0, 0.05) is 18.3 Å². The molecule has 1 amide bonds. The summed E-state index contributed by atoms with van der Waals surface area (Å²) in [4.78, 5) is 24.9. The maximum atomic E-state index is 13.4. The number of carbonyl (C=O) groups excluding carboxylic acids is 2. The van der Waals surface area contributed by atoms with Crippen LogP contribution in [0.2, 0.25) is 0 Å². The van der Waals surface area contributed by atoms with Crippen LogP contribution in [-0.4, -0.2) is 47.7 Å². The third-order valence-corrected chi connectivity index (χ3v) is 7.37. The Kier molecular flexibility index (Phi) is 8.55. The molecule has 3 aromatic rings. The Morgan fingerprint density at radius 3 is 2.25 bits per heavy atom. The number of carbonyl (C=O) groups is 2. The van der Waals surface area contributed by atoms with Gasteiger partial charge in [-0.2, -0.15) is 0 Å². The smallest absolute Gasteiger partial charge is 0.338 e. The fourth-order valence-corrected chi connectivity index (χ4v) is 5.26. The molecule has 1 N–H and O–H groups in total. The van der Waals surface area contributed by atoms with E-state index in [1.54, 1.807) is 62.4 Å². The van der Waals surface area contributed by atoms with Crippen molar-refractivity contribution in [1.29, 1.82) is 0 Å². The maximum absolute atomic E-state index is 13.4. The summed E-state index contributed by atoms with van der Waals surface area (Å²) in [5.41, 5.74) is 1.44. The van der Waals surface area contributed by atoms with Crippen molar-refractivity contribution in [2.45, 2.75) is 18.7 Å². The van der Waals surface area contributed by atoms with E-state index >= 15 is 0 Å². The van der Waals surface area contributed by atoms with Gasteiger partial charge in [-0.05, 0) is 55.8 Å². The minimum atomic E-state index is -3.95. The summed E-state index contributed by atoms with van der Waals surface area (Å²) >= 11 is 0. The van der Waals surface area contributed by atoms with Crippen LogP contribution in [0.15, 0.2) is 71.6 Å². The molecule has 0 aliphatic heterocycles. The minimum absolute atomic E-state index is 0.0159. The highest BCUT2D eigenvalue weighted by Crippen LogP contribution is 2.30. The zero-order valence-electron chi connectivity index (χ0n) is 20.5. The Morgan fingerprint density at radius 1 is 0.917 bits per heavy atom. The van der Waals surface area contributed by atoms with Gasteiger partial charge in [-0.3, -0.25) is 9.10 Å². The summed E-state index contributed by atoms with van der Waals surface area (Å²) in [6.07, 6.45) is 0. The molecule has 190 valence electrons. The summed E-state index contributed by atoms with van der Waals surface area (Å²) in [6.45, 7) is 3.03. The highest BCUT2D eigenvalue weighted by Gasteiger charge is 2.26. The van der Waals surface area contributed by atoms with Crippen LogP contribution >= 0.6 is 0 Å². The summed E-state index contributed by atoms with van der Waals surface area (Å²) in [6, 6.07) is 17.8. The Morgan fingerprint density at radius 2 is 1.61 bits per heavy atom. The van der Waals surface area contributed by atoms with Gasteiger partial charge in [0.25, 0.3) is 15.9 Å². The van der Waals surface area contributed by atoms with E-state index in [0.29, 0.717) is 28.4 Å². The molecule has 36 heavy (non-hydrogen) atoms. The Bertz CT molecular complexity index is 1340. The molecule has 0 aliphatic carbocycles. The van der Waals surface area contributed by atoms with E-state index in [-0.39, 0.29) is 17.0 Å². The number of esters is 1. The Balaban J connectivity index is 1.73. The number of ether oxygens (including phenoxy) is 3. The number of aryl methyl sites for hydroxylation is 1. The predicted octanol–water partition coefficient (Wildman–Crippen LogP) is 4.02. The number of anilines is 2. The highest BCUT2D eigenvalue weighted by molar-refractivity contribution is 7.92. The van der Waals surface area contributed by atoms with Gasteiger partial charge in [0.15, 0.2) is 18.1 Å². The summed E-state index contributed by atoms with van der Waals surface area (Å²) in [7, 11) is -0.979. The van der Waals surface area contributed by atoms with Crippen molar-refractivity contribution in [3.05, 3.63) is 77.9 Å². The van der Waals surface area contributed by atoms with E-state index in [4.69, 9.17) is 14.2 Å². The first kappa shape index (κ1) is 26.6. The number of para-hydroxylation sites is 1. The summed E-state index contributed by atoms with van der Waals surface area (Å²) in [5.74, 6) is -0.466. The van der Waals surface area contributed by atoms with Crippen molar-refractivity contribution in [1.82, 2.24) is 0 Å². The Labute approximate surface area is 210 Å². The van der Waals surface area contributed by atoms with Crippen molar-refractivity contribution >= 4 is 33.3 Å². The topological polar surface area (TPSA) is 111 Å². The SMILES string of the molecule is CCN(c1ccccc1)S(=O)(=O)c1cc(C(=O)OCC(=O)Nc2ccc(OC)c(OC)c2)ccc1C. The molecule has 3 aromatic carbocycles. The Hall–Kier alpha value is -4.05. The number of hydrogen-bond acceptors (Lipinski definition) is 7. The van der Waals surface area contributed by atoms with Crippen molar-refractivity contribution < 1.29 is 32.2 Å². The van der Waals surface area contributed by atoms with Crippen molar-refractivity contribution in [3.8, 4) is 11.5 Å². The molecular formula is C26H28N2O7S. The molecule has 0 aliphatic rings. The number of nitrogens with zero attached hydrogens (tertiary/aromatic N) is 1. The van der Waals surface area contributed by atoms with Crippen molar-refractivity contribution in [2.75, 3.05) is 37.0 Å². The lowest BCUT2D eigenvalue weighted by Gasteiger charge is -2.24. The molecule has 0 heterocycles. The first-order chi connectivity index (χ1) is 17.2. The lowest BCUT2D eigenvalue weighted by Crippen LogP contribution is -2.31. The van der Waals surface area contributed by atoms with Crippen LogP contribution in [0.4, 0.5) is 11.4 Å². The second kappa shape index (κ2) is 11.6. The zero-order chi connectivity index (χ0) is 26.3. The van der Waals surface area contributed by atoms with E-state index in [1.807, 2.05) is 0 Å². The number of hydrogen-bond donors (Lipinski definition) is 1. The van der Waals surface area contributed by atoms with Crippen molar-refractivity contribution in [3.63, 3.8) is 0 Å². The molecule has 0 saturated heterocycles. The lowest BCUT2D eigenvalue weighted by atomic mass is 10.1. The van der Waals surface area contributed by atoms with Gasteiger partial charge >= 0.3 is 5.97 Å². The van der Waals surface area contributed by atoms with Gasteiger partial charge in [-0.15, -0.1) is 0 Å². The number of nitrogens with one attached hydrogen (secondary N) is 1. The van der Waals surface area contributed by atoms with Crippen LogP contribution in [-0.2, 0) is 19.6 Å². The van der Waals surface area contributed by atoms with Crippen molar-refractivity contribution in [2.24, 2.45) is 0 Å². The van der Waals surface area contributed by atoms with E-state index in [9.17, 15) is 18.0 Å². The molecule has 0 radical (unpaired) electrons. The molecule has 0 atom stereocenters. The third-order valence-electron chi connectivity index (χ3n) is 5.32. The number of sulfonamides is 1. The molecule has 0 unspecified atom stereocenters. The average molecular weight is 513 g/mol. The molecular weight excluding hydrogens is 484 g/mol. The molecule has 3 rings (SSSR count). The van der Waals surface area contributed by atoms with Crippen LogP contribution in [0.1, 0.15) is 22.8 Å². The third kappa shape index (κ3) is 5.95. The van der Waals surface area contributed by atoms with Crippen LogP contribution in [0.25, 0.3) is 0 Å². The van der Waals surface area contributed by atoms with Gasteiger partial charge in [0.1, 0.15) is 0 Å². The molecule has 0 bridgehead atoms. The van der Waals surface area contributed by atoms with Gasteiger partial charge in [0.05, 0.1) is 30.4 Å². The largest absolute Gasteiger partial charge is 0.493 e. The monoisotopic (exact) mass is 512 g/mol. The van der Waals surface area contributed by atoms with Gasteiger partial charge < -0.3 is 19.5 Å². The fourth-order valence-electron chi connectivity index (χ4n) is 3.53. The molecule has 0 spiro atoms. The average Bonchev–Trinajstić information content (AvgIpc) is 2.88. The van der Waals surface area contributed by atoms with E-state index < -0.39 is 28.5 Å². The van der Waals surface area contributed by atoms with Crippen LogP contribution in [0.5, 0.6) is 11.5 Å². The van der Waals surface area contributed by atoms with Gasteiger partial charge in [-0.1, -0.05) is 24.3 Å². The molecule has 10 heteroatoms. The fraction of sp³-hybridized carbons (Fsp3) is 0.231. The van der Waals surface area contributed by atoms with E-state index in [1.165, 1.54) is 36.7 Å². The maximum Gasteiger partial charge on any atom is 0.338 e. The molecule has 0 aromatic heterocycles. The number of amides is 1. The van der Waals surface area contributed by atoms with Gasteiger partial charge in [0.2, 0.25) is 0 Å². The minimum Gasteiger partial charge on any atom is -0.493 e. The first-order valence-electron chi connectivity index (χ1n) is 11.1. The second-order valence-corrected chi connectivity index (χ2v) is 9.51. The van der Waals surface area contributed by atoms with Crippen LogP contribution in [0, 0.1) is 6.92 Å². The standard InChI is InChI=1S/C26H28N2O7S/c1-5-28(21-9-7-6-8-10-21)36(31,32)24-15-19(12-11-18(24)2)26(30)35-17-25(29)27-20-13-14-22(33-3)23(16-20)34-4/h6-16H,5,17H2,1-4H3,(H,27,29). The summed E-state index contributed by atoms with van der Waals surface area (Å²) < 4.78 is 43.6. The highest BCUT2D eigenvalue weighted by atomic mass is 32.2. The number of rotatable bonds is 10. The quantitative estimate of drug-likeness (QED) is 0.409. The zero-order valence-corrected chi connectivity index (χ0v) is 21.3. The normalized spacial score (nSPS) is 10.9. The molecule has 0 saturated carbocycles. The van der Waals surface area contributed by atoms with E-state index in [0.717, 1.165) is 0 Å². The molecule has 9 nitrogen and oxygen atoms in total. The number of methoxy groups -OCH3 is 2. The number of benzene rings is 3.